The summed E-state index contributed by atoms with van der Waals surface area (Å²) in [6, 6.07) is 2.15. The van der Waals surface area contributed by atoms with Crippen molar-refractivity contribution in [1.82, 2.24) is 5.32 Å². The zero-order valence-corrected chi connectivity index (χ0v) is 6.18. The maximum absolute atomic E-state index is 10.8. The number of carbonyl (C=O) groups excluding carboxylic acids is 1. The minimum Gasteiger partial charge on any atom is -0.395 e. The van der Waals surface area contributed by atoms with E-state index >= 15 is 0 Å². The fourth-order valence-electron chi connectivity index (χ4n) is 0.660. The van der Waals surface area contributed by atoms with Gasteiger partial charge >= 0.3 is 5.88 Å². The number of furan rings is 1. The third kappa shape index (κ3) is 1.81. The van der Waals surface area contributed by atoms with E-state index in [0.29, 0.717) is 0 Å². The van der Waals surface area contributed by atoms with Gasteiger partial charge in [0.05, 0.1) is 6.07 Å². The number of hydrogen-bond donors (Lipinski definition) is 1. The van der Waals surface area contributed by atoms with Crippen LogP contribution in [0.4, 0.5) is 5.88 Å². The van der Waals surface area contributed by atoms with Crippen molar-refractivity contribution in [1.29, 1.82) is 5.26 Å². The smallest absolute Gasteiger partial charge is 0.395 e. The predicted molar refractivity (Wildman–Crippen MR) is 38.4 cm³/mol. The molecule has 1 aromatic heterocycles. The molecule has 0 aliphatic carbocycles. The van der Waals surface area contributed by atoms with E-state index in [1.54, 1.807) is 5.32 Å². The van der Waals surface area contributed by atoms with Crippen molar-refractivity contribution in [3.63, 3.8) is 0 Å². The minimum atomic E-state index is -0.810. The van der Waals surface area contributed by atoms with Gasteiger partial charge in [-0.3, -0.25) is 20.2 Å². The molecular weight excluding hydrogens is 178 g/mol. The van der Waals surface area contributed by atoms with Crippen LogP contribution in [0.25, 0.3) is 0 Å². The summed E-state index contributed by atoms with van der Waals surface area (Å²) in [5.74, 6) is -1.62. The van der Waals surface area contributed by atoms with Gasteiger partial charge in [0.15, 0.2) is 12.0 Å². The second-order valence-corrected chi connectivity index (χ2v) is 1.96. The van der Waals surface area contributed by atoms with E-state index < -0.39 is 16.7 Å². The van der Waals surface area contributed by atoms with Crippen LogP contribution in [0.3, 0.4) is 0 Å². The molecule has 13 heavy (non-hydrogen) atoms. The van der Waals surface area contributed by atoms with Gasteiger partial charge in [-0.2, -0.15) is 5.26 Å². The number of hydrogen-bond acceptors (Lipinski definition) is 5. The lowest BCUT2D eigenvalue weighted by Crippen LogP contribution is -2.16. The molecule has 7 nitrogen and oxygen atoms in total. The molecule has 0 radical (unpaired) electrons. The molecule has 0 bridgehead atoms. The van der Waals surface area contributed by atoms with Gasteiger partial charge in [0.1, 0.15) is 4.92 Å². The molecule has 0 aromatic carbocycles. The van der Waals surface area contributed by atoms with E-state index in [9.17, 15) is 14.9 Å². The zero-order valence-electron chi connectivity index (χ0n) is 6.18. The summed E-state index contributed by atoms with van der Waals surface area (Å²) in [6.07, 6.45) is 1.38. The Morgan fingerprint density at radius 1 is 1.69 bits per heavy atom. The molecule has 1 amide bonds. The van der Waals surface area contributed by atoms with Crippen LogP contribution >= 0.6 is 0 Å². The summed E-state index contributed by atoms with van der Waals surface area (Å²) in [4.78, 5) is 20.2. The standard InChI is InChI=1S/C6H3N3O4/c7-3-8-6(10)4-1-2-5(13-4)9(11)12/h1-2H,(H,8,10). The maximum Gasteiger partial charge on any atom is 0.433 e. The van der Waals surface area contributed by atoms with Gasteiger partial charge in [-0.1, -0.05) is 0 Å². The molecule has 0 atom stereocenters. The van der Waals surface area contributed by atoms with E-state index in [1.807, 2.05) is 0 Å². The number of nitriles is 1. The highest BCUT2D eigenvalue weighted by atomic mass is 16.6. The number of rotatable bonds is 2. The SMILES string of the molecule is N#CNC(=O)c1ccc([N+](=O)[O-])o1. The Hall–Kier alpha value is -2.36. The van der Waals surface area contributed by atoms with E-state index in [0.717, 1.165) is 12.1 Å². The molecule has 0 spiro atoms. The molecule has 1 heterocycles. The Labute approximate surface area is 71.7 Å². The first-order chi connectivity index (χ1) is 6.15. The fourth-order valence-corrected chi connectivity index (χ4v) is 0.660. The van der Waals surface area contributed by atoms with Crippen molar-refractivity contribution < 1.29 is 14.1 Å². The van der Waals surface area contributed by atoms with Gasteiger partial charge in [0.2, 0.25) is 0 Å². The minimum absolute atomic E-state index is 0.270. The molecule has 66 valence electrons. The van der Waals surface area contributed by atoms with E-state index in [1.165, 1.54) is 6.19 Å². The lowest BCUT2D eigenvalue weighted by Gasteiger charge is -1.88. The van der Waals surface area contributed by atoms with Crippen molar-refractivity contribution in [2.24, 2.45) is 0 Å². The van der Waals surface area contributed by atoms with Crippen LogP contribution in [-0.2, 0) is 0 Å². The second-order valence-electron chi connectivity index (χ2n) is 1.96. The Kier molecular flexibility index (Phi) is 2.26. The molecule has 0 fully saturated rings. The van der Waals surface area contributed by atoms with Crippen LogP contribution in [0.5, 0.6) is 0 Å². The molecule has 1 rings (SSSR count). The summed E-state index contributed by atoms with van der Waals surface area (Å²) < 4.78 is 4.50. The molecule has 1 N–H and O–H groups in total. The third-order valence-electron chi connectivity index (χ3n) is 1.16. The predicted octanol–water partition coefficient (Wildman–Crippen LogP) is 0.399. The molecule has 0 unspecified atom stereocenters. The average Bonchev–Trinajstić information content (AvgIpc) is 2.52. The highest BCUT2D eigenvalue weighted by Crippen LogP contribution is 2.14. The van der Waals surface area contributed by atoms with Gasteiger partial charge < -0.3 is 4.42 Å². The van der Waals surface area contributed by atoms with Gasteiger partial charge in [-0.15, -0.1) is 0 Å². The van der Waals surface area contributed by atoms with Crippen molar-refractivity contribution in [2.75, 3.05) is 0 Å². The number of carbonyl (C=O) groups is 1. The highest BCUT2D eigenvalue weighted by molar-refractivity contribution is 5.92. The third-order valence-corrected chi connectivity index (χ3v) is 1.16. The summed E-state index contributed by atoms with van der Waals surface area (Å²) in [5, 5.41) is 19.9. The molecule has 0 saturated heterocycles. The van der Waals surface area contributed by atoms with Crippen molar-refractivity contribution in [3.8, 4) is 6.19 Å². The number of nitrogens with one attached hydrogen (secondary N) is 1. The van der Waals surface area contributed by atoms with Crippen LogP contribution in [0.2, 0.25) is 0 Å². The van der Waals surface area contributed by atoms with Crippen LogP contribution in [0, 0.1) is 21.6 Å². The molecule has 1 aromatic rings. The molecule has 7 heteroatoms. The van der Waals surface area contributed by atoms with Gasteiger partial charge in [-0.05, 0) is 6.07 Å². The van der Waals surface area contributed by atoms with Crippen LogP contribution in [-0.4, -0.2) is 10.8 Å². The second kappa shape index (κ2) is 3.36. The van der Waals surface area contributed by atoms with Crippen molar-refractivity contribution in [3.05, 3.63) is 28.0 Å². The Morgan fingerprint density at radius 2 is 2.38 bits per heavy atom. The maximum atomic E-state index is 10.8. The summed E-state index contributed by atoms with van der Waals surface area (Å²) in [6.45, 7) is 0. The van der Waals surface area contributed by atoms with Crippen LogP contribution in [0.15, 0.2) is 16.5 Å². The monoisotopic (exact) mass is 181 g/mol. The first-order valence-electron chi connectivity index (χ1n) is 3.09. The van der Waals surface area contributed by atoms with Gasteiger partial charge in [0, 0.05) is 0 Å². The number of nitrogens with zero attached hydrogens (tertiary/aromatic N) is 2. The fraction of sp³-hybridized carbons (Fsp3) is 0. The summed E-state index contributed by atoms with van der Waals surface area (Å²) in [5.41, 5.74) is 0. The van der Waals surface area contributed by atoms with Gasteiger partial charge in [-0.25, -0.2) is 0 Å². The Bertz CT molecular complexity index is 389. The molecule has 0 saturated carbocycles. The summed E-state index contributed by atoms with van der Waals surface area (Å²) >= 11 is 0. The Balaban J connectivity index is 2.87. The van der Waals surface area contributed by atoms with Crippen LogP contribution in [0.1, 0.15) is 10.6 Å². The van der Waals surface area contributed by atoms with Gasteiger partial charge in [0.25, 0.3) is 5.91 Å². The zero-order chi connectivity index (χ0) is 9.84. The molecule has 0 aliphatic heterocycles. The van der Waals surface area contributed by atoms with Crippen molar-refractivity contribution in [2.45, 2.75) is 0 Å². The lowest BCUT2D eigenvalue weighted by atomic mass is 10.4. The first kappa shape index (κ1) is 8.73. The largest absolute Gasteiger partial charge is 0.433 e. The Morgan fingerprint density at radius 3 is 2.85 bits per heavy atom. The average molecular weight is 181 g/mol. The van der Waals surface area contributed by atoms with Crippen LogP contribution < -0.4 is 5.32 Å². The first-order valence-corrected chi connectivity index (χ1v) is 3.09. The van der Waals surface area contributed by atoms with E-state index in [2.05, 4.69) is 4.42 Å². The lowest BCUT2D eigenvalue weighted by molar-refractivity contribution is -0.402. The summed E-state index contributed by atoms with van der Waals surface area (Å²) in [7, 11) is 0. The van der Waals surface area contributed by atoms with Crippen molar-refractivity contribution >= 4 is 11.8 Å². The number of amides is 1. The van der Waals surface area contributed by atoms with E-state index in [4.69, 9.17) is 5.26 Å². The quantitative estimate of drug-likeness (QED) is 0.307. The topological polar surface area (TPSA) is 109 Å². The number of nitro groups is 1. The highest BCUT2D eigenvalue weighted by Gasteiger charge is 2.16. The molecule has 0 aliphatic rings. The molecular formula is C6H3N3O4. The van der Waals surface area contributed by atoms with E-state index in [-0.39, 0.29) is 5.76 Å². The normalized spacial score (nSPS) is 8.85.